The Labute approximate surface area is 95.0 Å². The number of ether oxygens (including phenoxy) is 1. The number of nitrogens with two attached hydrogens (primary N) is 1. The molecule has 0 spiro atoms. The van der Waals surface area contributed by atoms with Crippen molar-refractivity contribution in [1.82, 2.24) is 4.98 Å². The number of pyridine rings is 1. The molecule has 1 aromatic rings. The van der Waals surface area contributed by atoms with Crippen LogP contribution in [0.2, 0.25) is 5.02 Å². The van der Waals surface area contributed by atoms with Crippen LogP contribution in [0.15, 0.2) is 18.3 Å². The van der Waals surface area contributed by atoms with Gasteiger partial charge in [-0.1, -0.05) is 11.6 Å². The minimum atomic E-state index is 0.566. The lowest BCUT2D eigenvalue weighted by molar-refractivity contribution is 0.205. The molecule has 0 atom stereocenters. The summed E-state index contributed by atoms with van der Waals surface area (Å²) in [4.78, 5) is 6.25. The minimum absolute atomic E-state index is 0.566. The molecule has 0 saturated carbocycles. The Morgan fingerprint density at radius 2 is 2.33 bits per heavy atom. The maximum Gasteiger partial charge on any atom is 0.147 e. The van der Waals surface area contributed by atoms with Gasteiger partial charge in [-0.3, -0.25) is 0 Å². The third kappa shape index (κ3) is 3.66. The second-order valence-corrected chi connectivity index (χ2v) is 3.48. The molecule has 84 valence electrons. The van der Waals surface area contributed by atoms with E-state index in [1.165, 1.54) is 0 Å². The SMILES string of the molecule is COCCN(CCN)c1ncccc1Cl. The first-order chi connectivity index (χ1) is 7.29. The molecule has 0 aromatic carbocycles. The smallest absolute Gasteiger partial charge is 0.147 e. The monoisotopic (exact) mass is 229 g/mol. The van der Waals surface area contributed by atoms with Gasteiger partial charge < -0.3 is 15.4 Å². The van der Waals surface area contributed by atoms with Gasteiger partial charge in [-0.15, -0.1) is 0 Å². The standard InChI is InChI=1S/C10H16ClN3O/c1-15-8-7-14(6-4-12)10-9(11)3-2-5-13-10/h2-3,5H,4,6-8,12H2,1H3. The number of hydrogen-bond acceptors (Lipinski definition) is 4. The Morgan fingerprint density at radius 1 is 1.53 bits per heavy atom. The molecule has 0 unspecified atom stereocenters. The van der Waals surface area contributed by atoms with Gasteiger partial charge in [0, 0.05) is 32.9 Å². The summed E-state index contributed by atoms with van der Waals surface area (Å²) >= 11 is 6.05. The van der Waals surface area contributed by atoms with Crippen LogP contribution in [0.5, 0.6) is 0 Å². The van der Waals surface area contributed by atoms with Crippen molar-refractivity contribution in [2.75, 3.05) is 38.3 Å². The highest BCUT2D eigenvalue weighted by Gasteiger charge is 2.09. The summed E-state index contributed by atoms with van der Waals surface area (Å²) in [5, 5.41) is 0.641. The van der Waals surface area contributed by atoms with Gasteiger partial charge in [0.05, 0.1) is 11.6 Å². The molecule has 2 N–H and O–H groups in total. The van der Waals surface area contributed by atoms with Crippen LogP contribution in [0.25, 0.3) is 0 Å². The highest BCUT2D eigenvalue weighted by molar-refractivity contribution is 6.32. The van der Waals surface area contributed by atoms with Crippen LogP contribution in [0.1, 0.15) is 0 Å². The summed E-state index contributed by atoms with van der Waals surface area (Å²) in [6, 6.07) is 3.63. The summed E-state index contributed by atoms with van der Waals surface area (Å²) < 4.78 is 5.03. The largest absolute Gasteiger partial charge is 0.383 e. The maximum atomic E-state index is 6.05. The number of methoxy groups -OCH3 is 1. The average molecular weight is 230 g/mol. The van der Waals surface area contributed by atoms with E-state index in [1.807, 2.05) is 17.0 Å². The number of halogens is 1. The van der Waals surface area contributed by atoms with Crippen molar-refractivity contribution in [1.29, 1.82) is 0 Å². The van der Waals surface area contributed by atoms with Crippen molar-refractivity contribution < 1.29 is 4.74 Å². The first-order valence-electron chi connectivity index (χ1n) is 4.84. The fourth-order valence-electron chi connectivity index (χ4n) is 1.29. The highest BCUT2D eigenvalue weighted by atomic mass is 35.5. The van der Waals surface area contributed by atoms with Gasteiger partial charge in [0.25, 0.3) is 0 Å². The normalized spacial score (nSPS) is 10.3. The van der Waals surface area contributed by atoms with Crippen LogP contribution in [0.4, 0.5) is 5.82 Å². The zero-order chi connectivity index (χ0) is 11.1. The van der Waals surface area contributed by atoms with Crippen molar-refractivity contribution in [3.8, 4) is 0 Å². The molecule has 0 fully saturated rings. The van der Waals surface area contributed by atoms with Crippen molar-refractivity contribution in [3.05, 3.63) is 23.4 Å². The molecule has 0 radical (unpaired) electrons. The van der Waals surface area contributed by atoms with E-state index in [9.17, 15) is 0 Å². The summed E-state index contributed by atoms with van der Waals surface area (Å²) in [5.74, 6) is 0.765. The van der Waals surface area contributed by atoms with Crippen LogP contribution in [0.3, 0.4) is 0 Å². The Morgan fingerprint density at radius 3 is 2.93 bits per heavy atom. The number of aromatic nitrogens is 1. The Hall–Kier alpha value is -0.840. The van der Waals surface area contributed by atoms with Gasteiger partial charge in [-0.25, -0.2) is 4.98 Å². The molecule has 1 heterocycles. The molecule has 4 nitrogen and oxygen atoms in total. The molecule has 0 saturated heterocycles. The van der Waals surface area contributed by atoms with E-state index >= 15 is 0 Å². The summed E-state index contributed by atoms with van der Waals surface area (Å²) in [5.41, 5.74) is 5.54. The van der Waals surface area contributed by atoms with Gasteiger partial charge in [-0.2, -0.15) is 0 Å². The summed E-state index contributed by atoms with van der Waals surface area (Å²) in [6.45, 7) is 2.66. The highest BCUT2D eigenvalue weighted by Crippen LogP contribution is 2.21. The first-order valence-corrected chi connectivity index (χ1v) is 5.22. The Balaban J connectivity index is 2.74. The van der Waals surface area contributed by atoms with Gasteiger partial charge >= 0.3 is 0 Å². The van der Waals surface area contributed by atoms with E-state index in [1.54, 1.807) is 13.3 Å². The fraction of sp³-hybridized carbons (Fsp3) is 0.500. The van der Waals surface area contributed by atoms with E-state index in [2.05, 4.69) is 4.98 Å². The quantitative estimate of drug-likeness (QED) is 0.795. The van der Waals surface area contributed by atoms with E-state index < -0.39 is 0 Å². The minimum Gasteiger partial charge on any atom is -0.383 e. The first kappa shape index (κ1) is 12.2. The molecule has 5 heteroatoms. The number of nitrogens with zero attached hydrogens (tertiary/aromatic N) is 2. The predicted molar refractivity (Wildman–Crippen MR) is 62.4 cm³/mol. The predicted octanol–water partition coefficient (Wildman–Crippen LogP) is 1.15. The second-order valence-electron chi connectivity index (χ2n) is 3.08. The molecule has 0 aliphatic carbocycles. The molecule has 0 bridgehead atoms. The van der Waals surface area contributed by atoms with Gasteiger partial charge in [0.15, 0.2) is 0 Å². The van der Waals surface area contributed by atoms with Gasteiger partial charge in [-0.05, 0) is 12.1 Å². The van der Waals surface area contributed by atoms with Crippen molar-refractivity contribution >= 4 is 17.4 Å². The van der Waals surface area contributed by atoms with Crippen LogP contribution in [-0.4, -0.2) is 38.3 Å². The van der Waals surface area contributed by atoms with Crippen molar-refractivity contribution in [2.24, 2.45) is 5.73 Å². The van der Waals surface area contributed by atoms with Crippen LogP contribution >= 0.6 is 11.6 Å². The number of rotatable bonds is 6. The Bertz CT molecular complexity index is 296. The molecule has 0 amide bonds. The number of anilines is 1. The summed E-state index contributed by atoms with van der Waals surface area (Å²) in [6.07, 6.45) is 1.72. The molecular weight excluding hydrogens is 214 g/mol. The molecule has 0 aliphatic rings. The third-order valence-electron chi connectivity index (χ3n) is 2.00. The van der Waals surface area contributed by atoms with Crippen molar-refractivity contribution in [2.45, 2.75) is 0 Å². The molecule has 1 rings (SSSR count). The van der Waals surface area contributed by atoms with Gasteiger partial charge in [0.2, 0.25) is 0 Å². The topological polar surface area (TPSA) is 51.4 Å². The lowest BCUT2D eigenvalue weighted by Crippen LogP contribution is -2.33. The number of hydrogen-bond donors (Lipinski definition) is 1. The van der Waals surface area contributed by atoms with Crippen molar-refractivity contribution in [3.63, 3.8) is 0 Å². The second kappa shape index (κ2) is 6.61. The van der Waals surface area contributed by atoms with E-state index in [0.29, 0.717) is 18.2 Å². The molecular formula is C10H16ClN3O. The van der Waals surface area contributed by atoms with Crippen LogP contribution in [-0.2, 0) is 4.74 Å². The van der Waals surface area contributed by atoms with Crippen LogP contribution in [0, 0.1) is 0 Å². The third-order valence-corrected chi connectivity index (χ3v) is 2.30. The molecule has 0 aliphatic heterocycles. The fourth-order valence-corrected chi connectivity index (χ4v) is 1.53. The van der Waals surface area contributed by atoms with E-state index in [0.717, 1.165) is 18.9 Å². The molecule has 15 heavy (non-hydrogen) atoms. The average Bonchev–Trinajstić information content (AvgIpc) is 2.25. The van der Waals surface area contributed by atoms with Crippen LogP contribution < -0.4 is 10.6 Å². The lowest BCUT2D eigenvalue weighted by Gasteiger charge is -2.23. The summed E-state index contributed by atoms with van der Waals surface area (Å²) in [7, 11) is 1.67. The van der Waals surface area contributed by atoms with Gasteiger partial charge in [0.1, 0.15) is 5.82 Å². The zero-order valence-corrected chi connectivity index (χ0v) is 9.57. The molecule has 1 aromatic heterocycles. The van der Waals surface area contributed by atoms with E-state index in [4.69, 9.17) is 22.1 Å². The Kier molecular flexibility index (Phi) is 5.39. The lowest BCUT2D eigenvalue weighted by atomic mass is 10.4. The zero-order valence-electron chi connectivity index (χ0n) is 8.82. The van der Waals surface area contributed by atoms with E-state index in [-0.39, 0.29) is 0 Å². The maximum absolute atomic E-state index is 6.05.